The number of rotatable bonds is 6. The van der Waals surface area contributed by atoms with Gasteiger partial charge in [0.1, 0.15) is 22.9 Å². The smallest absolute Gasteiger partial charge is 0.187 e. The van der Waals surface area contributed by atoms with E-state index in [4.69, 9.17) is 32.5 Å². The topological polar surface area (TPSA) is 60.2 Å². The van der Waals surface area contributed by atoms with E-state index < -0.39 is 0 Å². The molecule has 158 valence electrons. The van der Waals surface area contributed by atoms with Crippen LogP contribution in [0.3, 0.4) is 0 Å². The molecule has 0 fully saturated rings. The lowest BCUT2D eigenvalue weighted by molar-refractivity contribution is 0.434. The van der Waals surface area contributed by atoms with E-state index in [9.17, 15) is 0 Å². The molecule has 2 aromatic heterocycles. The van der Waals surface area contributed by atoms with Gasteiger partial charge in [-0.25, -0.2) is 4.98 Å². The van der Waals surface area contributed by atoms with Crippen LogP contribution in [0.25, 0.3) is 22.7 Å². The Morgan fingerprint density at radius 2 is 1.66 bits per heavy atom. The minimum atomic E-state index is 0.465. The van der Waals surface area contributed by atoms with Gasteiger partial charge in [-0.2, -0.15) is 0 Å². The largest absolute Gasteiger partial charge is 0.457 e. The van der Waals surface area contributed by atoms with Crippen molar-refractivity contribution in [2.45, 2.75) is 0 Å². The van der Waals surface area contributed by atoms with Crippen LogP contribution in [-0.2, 0) is 0 Å². The average Bonchev–Trinajstić information content (AvgIpc) is 3.47. The van der Waals surface area contributed by atoms with Crippen molar-refractivity contribution >= 4 is 45.4 Å². The van der Waals surface area contributed by atoms with Crippen molar-refractivity contribution in [2.75, 3.05) is 5.32 Å². The summed E-state index contributed by atoms with van der Waals surface area (Å²) in [6.07, 6.45) is 0. The summed E-state index contributed by atoms with van der Waals surface area (Å²) in [7, 11) is 0. The first kappa shape index (κ1) is 20.6. The third-order valence-corrected chi connectivity index (χ3v) is 6.04. The summed E-state index contributed by atoms with van der Waals surface area (Å²) in [5.74, 6) is 2.08. The Morgan fingerprint density at radius 1 is 0.812 bits per heavy atom. The number of ether oxygens (including phenoxy) is 1. The number of halogens is 2. The zero-order valence-corrected chi connectivity index (χ0v) is 18.8. The van der Waals surface area contributed by atoms with E-state index in [0.29, 0.717) is 27.2 Å². The highest BCUT2D eigenvalue weighted by Gasteiger charge is 2.13. The molecule has 0 saturated carbocycles. The van der Waals surface area contributed by atoms with Crippen LogP contribution in [0, 0.1) is 0 Å². The normalized spacial score (nSPS) is 10.8. The fourth-order valence-corrected chi connectivity index (χ4v) is 4.04. The van der Waals surface area contributed by atoms with E-state index in [1.54, 1.807) is 12.1 Å². The molecule has 0 aliphatic rings. The Balaban J connectivity index is 1.31. The molecule has 5 aromatic rings. The van der Waals surface area contributed by atoms with Crippen LogP contribution in [0.1, 0.15) is 0 Å². The summed E-state index contributed by atoms with van der Waals surface area (Å²) in [6, 6.07) is 24.5. The highest BCUT2D eigenvalue weighted by molar-refractivity contribution is 7.14. The van der Waals surface area contributed by atoms with Crippen LogP contribution in [0.5, 0.6) is 11.5 Å². The molecule has 8 heteroatoms. The van der Waals surface area contributed by atoms with Crippen LogP contribution in [-0.4, -0.2) is 10.1 Å². The Labute approximate surface area is 198 Å². The molecule has 0 spiro atoms. The van der Waals surface area contributed by atoms with Crippen LogP contribution in [0.15, 0.2) is 88.8 Å². The fraction of sp³-hybridized carbons (Fsp3) is 0. The molecule has 5 nitrogen and oxygen atoms in total. The summed E-state index contributed by atoms with van der Waals surface area (Å²) >= 11 is 13.6. The molecule has 2 heterocycles. The zero-order valence-electron chi connectivity index (χ0n) is 16.5. The minimum Gasteiger partial charge on any atom is -0.457 e. The van der Waals surface area contributed by atoms with Crippen molar-refractivity contribution in [3.8, 4) is 34.2 Å². The van der Waals surface area contributed by atoms with Crippen molar-refractivity contribution in [1.82, 2.24) is 10.1 Å². The second-order valence-corrected chi connectivity index (χ2v) is 8.48. The molecule has 5 rings (SSSR count). The predicted octanol–water partition coefficient (Wildman–Crippen LogP) is 8.31. The standard InChI is InChI=1S/C24H15Cl2N3O2S/c25-19-10-9-15(11-20(19)26)21-13-23(31-29-21)22-14-32-24(28-22)27-16-5-4-8-18(12-16)30-17-6-2-1-3-7-17/h1-14H,(H,27,28). The molecule has 0 aliphatic carbocycles. The van der Waals surface area contributed by atoms with E-state index in [1.165, 1.54) is 11.3 Å². The quantitative estimate of drug-likeness (QED) is 0.265. The minimum absolute atomic E-state index is 0.465. The number of nitrogens with zero attached hydrogens (tertiary/aromatic N) is 2. The molecule has 32 heavy (non-hydrogen) atoms. The lowest BCUT2D eigenvalue weighted by atomic mass is 10.1. The van der Waals surface area contributed by atoms with Gasteiger partial charge in [0, 0.05) is 28.8 Å². The molecule has 0 atom stereocenters. The van der Waals surface area contributed by atoms with E-state index in [0.717, 1.165) is 27.9 Å². The van der Waals surface area contributed by atoms with Gasteiger partial charge in [-0.3, -0.25) is 0 Å². The van der Waals surface area contributed by atoms with Gasteiger partial charge in [0.25, 0.3) is 0 Å². The lowest BCUT2D eigenvalue weighted by Gasteiger charge is -2.08. The maximum Gasteiger partial charge on any atom is 0.187 e. The number of aromatic nitrogens is 2. The Morgan fingerprint density at radius 3 is 2.50 bits per heavy atom. The maximum atomic E-state index is 6.11. The molecule has 0 radical (unpaired) electrons. The maximum absolute atomic E-state index is 6.11. The number of para-hydroxylation sites is 1. The van der Waals surface area contributed by atoms with Gasteiger partial charge >= 0.3 is 0 Å². The molecule has 0 saturated heterocycles. The second-order valence-electron chi connectivity index (χ2n) is 6.81. The number of nitrogens with one attached hydrogen (secondary N) is 1. The molecule has 0 unspecified atom stereocenters. The fourth-order valence-electron chi connectivity index (χ4n) is 3.02. The Kier molecular flexibility index (Phi) is 5.81. The van der Waals surface area contributed by atoms with Crippen molar-refractivity contribution in [1.29, 1.82) is 0 Å². The zero-order chi connectivity index (χ0) is 21.9. The average molecular weight is 480 g/mol. The first-order chi connectivity index (χ1) is 15.6. The first-order valence-electron chi connectivity index (χ1n) is 9.62. The summed E-state index contributed by atoms with van der Waals surface area (Å²) in [5.41, 5.74) is 3.03. The van der Waals surface area contributed by atoms with E-state index in [1.807, 2.05) is 72.1 Å². The summed E-state index contributed by atoms with van der Waals surface area (Å²) in [4.78, 5) is 4.61. The first-order valence-corrected chi connectivity index (χ1v) is 11.3. The van der Waals surface area contributed by atoms with Gasteiger partial charge in [0.05, 0.1) is 10.0 Å². The summed E-state index contributed by atoms with van der Waals surface area (Å²) < 4.78 is 11.4. The van der Waals surface area contributed by atoms with E-state index >= 15 is 0 Å². The van der Waals surface area contributed by atoms with Gasteiger partial charge < -0.3 is 14.6 Å². The van der Waals surface area contributed by atoms with Crippen LogP contribution in [0.2, 0.25) is 10.0 Å². The number of hydrogen-bond acceptors (Lipinski definition) is 6. The molecule has 0 bridgehead atoms. The van der Waals surface area contributed by atoms with E-state index in [2.05, 4.69) is 15.5 Å². The monoisotopic (exact) mass is 479 g/mol. The van der Waals surface area contributed by atoms with Gasteiger partial charge in [-0.05, 0) is 36.4 Å². The second kappa shape index (κ2) is 9.04. The van der Waals surface area contributed by atoms with Gasteiger partial charge in [-0.15, -0.1) is 11.3 Å². The van der Waals surface area contributed by atoms with Crippen molar-refractivity contribution in [2.24, 2.45) is 0 Å². The third kappa shape index (κ3) is 4.62. The molecule has 1 N–H and O–H groups in total. The van der Waals surface area contributed by atoms with Crippen molar-refractivity contribution in [3.63, 3.8) is 0 Å². The molecular formula is C24H15Cl2N3O2S. The molecule has 0 aliphatic heterocycles. The highest BCUT2D eigenvalue weighted by atomic mass is 35.5. The summed E-state index contributed by atoms with van der Waals surface area (Å²) in [6.45, 7) is 0. The number of thiazole rings is 1. The van der Waals surface area contributed by atoms with Crippen LogP contribution in [0.4, 0.5) is 10.8 Å². The van der Waals surface area contributed by atoms with Gasteiger partial charge in [-0.1, -0.05) is 58.7 Å². The predicted molar refractivity (Wildman–Crippen MR) is 129 cm³/mol. The lowest BCUT2D eigenvalue weighted by Crippen LogP contribution is -1.91. The Hall–Kier alpha value is -3.32. The third-order valence-electron chi connectivity index (χ3n) is 4.55. The summed E-state index contributed by atoms with van der Waals surface area (Å²) in [5, 5.41) is 11.0. The van der Waals surface area contributed by atoms with Crippen LogP contribution < -0.4 is 10.1 Å². The Bertz CT molecular complexity index is 1370. The van der Waals surface area contributed by atoms with Crippen molar-refractivity contribution < 1.29 is 9.26 Å². The van der Waals surface area contributed by atoms with Gasteiger partial charge in [0.2, 0.25) is 0 Å². The van der Waals surface area contributed by atoms with Crippen LogP contribution >= 0.6 is 34.5 Å². The van der Waals surface area contributed by atoms with E-state index in [-0.39, 0.29) is 0 Å². The number of hydrogen-bond donors (Lipinski definition) is 1. The molecule has 3 aromatic carbocycles. The molecule has 0 amide bonds. The highest BCUT2D eigenvalue weighted by Crippen LogP contribution is 2.33. The molecular weight excluding hydrogens is 465 g/mol. The SMILES string of the molecule is Clc1ccc(-c2cc(-c3csc(Nc4cccc(Oc5ccccc5)c4)n3)on2)cc1Cl. The van der Waals surface area contributed by atoms with Gasteiger partial charge in [0.15, 0.2) is 10.9 Å². The van der Waals surface area contributed by atoms with Crippen molar-refractivity contribution in [3.05, 3.63) is 94.3 Å². The number of anilines is 2. The number of benzene rings is 3.